The molecule has 9 atom stereocenters. The molecule has 1 aromatic heterocycles. The van der Waals surface area contributed by atoms with Crippen molar-refractivity contribution in [2.24, 2.45) is 23.2 Å². The van der Waals surface area contributed by atoms with Gasteiger partial charge in [0.2, 0.25) is 17.7 Å². The highest BCUT2D eigenvalue weighted by Crippen LogP contribution is 2.62. The van der Waals surface area contributed by atoms with Gasteiger partial charge in [-0.15, -0.1) is 11.3 Å². The largest absolute Gasteiger partial charge is 0.508 e. The summed E-state index contributed by atoms with van der Waals surface area (Å²) in [6, 6.07) is 11.8. The van der Waals surface area contributed by atoms with Gasteiger partial charge in [-0.25, -0.2) is 4.98 Å². The fraction of sp³-hybridized carbons (Fsp3) is 0.608. The van der Waals surface area contributed by atoms with Crippen LogP contribution in [-0.2, 0) is 46.3 Å². The van der Waals surface area contributed by atoms with Crippen LogP contribution in [-0.4, -0.2) is 127 Å². The van der Waals surface area contributed by atoms with Crippen molar-refractivity contribution in [3.8, 4) is 16.2 Å². The quantitative estimate of drug-likeness (QED) is 0.0568. The summed E-state index contributed by atoms with van der Waals surface area (Å²) in [4.78, 5) is 46.5. The first-order chi connectivity index (χ1) is 31.8. The van der Waals surface area contributed by atoms with Crippen LogP contribution in [0.2, 0.25) is 0 Å². The summed E-state index contributed by atoms with van der Waals surface area (Å²) in [6.45, 7) is 12.5. The number of nitrogens with zero attached hydrogens (tertiary/aromatic N) is 2. The summed E-state index contributed by atoms with van der Waals surface area (Å²) in [7, 11) is 0. The Kier molecular flexibility index (Phi) is 17.5. The first kappa shape index (κ1) is 49.7. The minimum Gasteiger partial charge on any atom is -0.508 e. The van der Waals surface area contributed by atoms with Crippen molar-refractivity contribution >= 4 is 29.1 Å². The number of nitrogens with one attached hydrogen (secondary N) is 2. The smallest absolute Gasteiger partial charge is 0.250 e. The van der Waals surface area contributed by atoms with Gasteiger partial charge in [-0.3, -0.25) is 14.4 Å². The lowest BCUT2D eigenvalue weighted by molar-refractivity contribution is -0.141. The van der Waals surface area contributed by atoms with Crippen molar-refractivity contribution in [3.63, 3.8) is 0 Å². The number of aliphatic hydroxyl groups excluding tert-OH is 2. The molecule has 1 aliphatic heterocycles. The van der Waals surface area contributed by atoms with Gasteiger partial charge in [0.15, 0.2) is 0 Å². The van der Waals surface area contributed by atoms with E-state index in [1.807, 2.05) is 48.8 Å². The van der Waals surface area contributed by atoms with Gasteiger partial charge in [0.05, 0.1) is 67.9 Å². The molecule has 4 aliphatic rings. The standard InChI is InChI=1S/C51H70N4O10S/c1-32(2)47(50(61)55-29-39(57)27-43(55)49(60)52-28-34-8-10-35(11-9-34)48-33(3)53-31-66-48)54-45(59)30-65-24-23-64-22-21-63-20-19-62-18-6-5-7-36-25-37-26-38(56)12-13-40(37)41-16-17-51(4)42(46(36)41)14-15-44(51)58/h8-13,26,31,36,39,41-44,46-47,56-58H,1,5-7,14-25,27-30H2,2-4H3,(H,52,60)(H,54,59)/t36-,39-,41-,42+,43+,44+,46-,47+,51+/m1/s1. The Labute approximate surface area is 393 Å². The first-order valence-electron chi connectivity index (χ1n) is 23.8. The Balaban J connectivity index is 0.724. The van der Waals surface area contributed by atoms with Crippen LogP contribution < -0.4 is 10.6 Å². The predicted octanol–water partition coefficient (Wildman–Crippen LogP) is 5.84. The second-order valence-electron chi connectivity index (χ2n) is 19.1. The van der Waals surface area contributed by atoms with Crippen LogP contribution in [0.4, 0.5) is 0 Å². The number of hydrogen-bond acceptors (Lipinski definition) is 12. The van der Waals surface area contributed by atoms with Gasteiger partial charge in [-0.2, -0.15) is 0 Å². The molecule has 3 amide bonds. The van der Waals surface area contributed by atoms with Gasteiger partial charge in [-0.05, 0) is 128 Å². The monoisotopic (exact) mass is 930 g/mol. The topological polar surface area (TPSA) is 189 Å². The molecule has 14 nitrogen and oxygen atoms in total. The van der Waals surface area contributed by atoms with E-state index < -0.39 is 30.0 Å². The molecule has 7 rings (SSSR count). The third-order valence-corrected chi connectivity index (χ3v) is 15.6. The zero-order valence-corrected chi connectivity index (χ0v) is 39.7. The van der Waals surface area contributed by atoms with Crippen molar-refractivity contribution in [3.05, 3.63) is 82.5 Å². The zero-order chi connectivity index (χ0) is 46.8. The van der Waals surface area contributed by atoms with Crippen LogP contribution in [0.15, 0.2) is 60.1 Å². The molecule has 0 bridgehead atoms. The van der Waals surface area contributed by atoms with Gasteiger partial charge in [0, 0.05) is 26.1 Å². The molecule has 2 aromatic carbocycles. The third-order valence-electron chi connectivity index (χ3n) is 14.6. The third kappa shape index (κ3) is 12.1. The molecule has 66 heavy (non-hydrogen) atoms. The fourth-order valence-corrected chi connectivity index (χ4v) is 12.0. The number of aromatic nitrogens is 1. The number of benzene rings is 2. The maximum Gasteiger partial charge on any atom is 0.250 e. The Morgan fingerprint density at radius 1 is 0.955 bits per heavy atom. The summed E-state index contributed by atoms with van der Waals surface area (Å²) < 4.78 is 22.6. The molecule has 5 N–H and O–H groups in total. The molecule has 3 fully saturated rings. The molecule has 0 radical (unpaired) electrons. The number of rotatable bonds is 23. The van der Waals surface area contributed by atoms with Crippen LogP contribution in [0.3, 0.4) is 0 Å². The van der Waals surface area contributed by atoms with Crippen LogP contribution in [0.25, 0.3) is 10.4 Å². The van der Waals surface area contributed by atoms with E-state index in [1.54, 1.807) is 18.3 Å². The zero-order valence-electron chi connectivity index (χ0n) is 38.9. The number of phenolic OH excluding ortho intramolecular Hbond substituents is 1. The maximum absolute atomic E-state index is 13.7. The van der Waals surface area contributed by atoms with Crippen LogP contribution in [0, 0.1) is 30.1 Å². The Hall–Kier alpha value is -4.22. The van der Waals surface area contributed by atoms with E-state index in [4.69, 9.17) is 18.9 Å². The van der Waals surface area contributed by atoms with Gasteiger partial charge in [0.25, 0.3) is 0 Å². The fourth-order valence-electron chi connectivity index (χ4n) is 11.2. The SMILES string of the molecule is C=C(C)[C@H](NC(=O)COCCOCCOCCOCCCC[C@@H]1Cc2cc(O)ccc2[C@H]2CC[C@]3(C)[C@@H](O)CC[C@H]3[C@H]12)C(=O)N1C[C@H](O)C[C@H]1C(=O)NCc1ccc(-c2scnc2C)cc1. The Morgan fingerprint density at radius 2 is 1.67 bits per heavy atom. The van der Waals surface area contributed by atoms with Gasteiger partial charge in [0.1, 0.15) is 24.4 Å². The molecule has 15 heteroatoms. The average Bonchev–Trinajstić information content (AvgIpc) is 4.01. The van der Waals surface area contributed by atoms with Crippen molar-refractivity contribution < 1.29 is 48.7 Å². The maximum atomic E-state index is 13.7. The summed E-state index contributed by atoms with van der Waals surface area (Å²) in [5, 5.41) is 37.2. The van der Waals surface area contributed by atoms with E-state index in [0.29, 0.717) is 68.0 Å². The number of unbranched alkanes of at least 4 members (excludes halogenated alkanes) is 1. The molecular formula is C51H70N4O10S. The number of likely N-dealkylation sites (tertiary alicyclic amines) is 1. The number of amides is 3. The molecule has 2 heterocycles. The number of aromatic hydroxyl groups is 1. The van der Waals surface area contributed by atoms with Crippen LogP contribution >= 0.6 is 11.3 Å². The Morgan fingerprint density at radius 3 is 2.36 bits per heavy atom. The number of thiazole rings is 1. The van der Waals surface area contributed by atoms with E-state index in [0.717, 1.165) is 73.1 Å². The lowest BCUT2D eigenvalue weighted by Gasteiger charge is -2.53. The normalized spacial score (nSPS) is 26.0. The summed E-state index contributed by atoms with van der Waals surface area (Å²) in [6.07, 6.45) is 7.37. The molecule has 0 spiro atoms. The number of carbonyl (C=O) groups excluding carboxylic acids is 3. The molecule has 2 saturated carbocycles. The van der Waals surface area contributed by atoms with Crippen molar-refractivity contribution in [2.45, 2.75) is 115 Å². The number of aliphatic hydroxyl groups is 2. The number of fused-ring (bicyclic) bond motifs is 5. The molecule has 360 valence electrons. The minimum atomic E-state index is -1.09. The lowest BCUT2D eigenvalue weighted by Crippen LogP contribution is -2.54. The number of carbonyl (C=O) groups is 3. The molecule has 0 unspecified atom stereocenters. The van der Waals surface area contributed by atoms with E-state index in [2.05, 4.69) is 35.2 Å². The summed E-state index contributed by atoms with van der Waals surface area (Å²) in [5.74, 6) is 1.09. The summed E-state index contributed by atoms with van der Waals surface area (Å²) >= 11 is 1.57. The first-order valence-corrected chi connectivity index (χ1v) is 24.7. The predicted molar refractivity (Wildman–Crippen MR) is 252 cm³/mol. The highest BCUT2D eigenvalue weighted by Gasteiger charge is 2.56. The lowest BCUT2D eigenvalue weighted by atomic mass is 9.52. The van der Waals surface area contributed by atoms with Crippen LogP contribution in [0.1, 0.15) is 93.5 Å². The van der Waals surface area contributed by atoms with Crippen molar-refractivity contribution in [2.75, 3.05) is 59.4 Å². The van der Waals surface area contributed by atoms with Gasteiger partial charge >= 0.3 is 0 Å². The highest BCUT2D eigenvalue weighted by molar-refractivity contribution is 7.13. The van der Waals surface area contributed by atoms with E-state index in [-0.39, 0.29) is 56.8 Å². The second kappa shape index (κ2) is 23.2. The van der Waals surface area contributed by atoms with Crippen molar-refractivity contribution in [1.82, 2.24) is 20.5 Å². The minimum absolute atomic E-state index is 0.0162. The molecular weight excluding hydrogens is 861 g/mol. The van der Waals surface area contributed by atoms with Crippen LogP contribution in [0.5, 0.6) is 5.75 Å². The molecule has 3 aliphatic carbocycles. The summed E-state index contributed by atoms with van der Waals surface area (Å²) in [5.41, 5.74) is 7.83. The number of hydrogen-bond donors (Lipinski definition) is 5. The van der Waals surface area contributed by atoms with E-state index in [9.17, 15) is 29.7 Å². The number of phenols is 1. The number of ether oxygens (including phenoxy) is 4. The average molecular weight is 931 g/mol. The van der Waals surface area contributed by atoms with E-state index >= 15 is 0 Å². The van der Waals surface area contributed by atoms with Gasteiger partial charge in [-0.1, -0.05) is 50.3 Å². The van der Waals surface area contributed by atoms with E-state index in [1.165, 1.54) is 16.0 Å². The highest BCUT2D eigenvalue weighted by atomic mass is 32.1. The van der Waals surface area contributed by atoms with Gasteiger partial charge < -0.3 is 49.8 Å². The Bertz CT molecular complexity index is 2110. The number of β-amino-alcohol motifs (C(OH)–C–C–N with tert-alkyl or cyclic N) is 1. The second-order valence-corrected chi connectivity index (χ2v) is 19.9. The molecule has 3 aromatic rings. The number of aryl methyl sites for hydroxylation is 1. The van der Waals surface area contributed by atoms with Crippen molar-refractivity contribution in [1.29, 1.82) is 0 Å². The molecule has 1 saturated heterocycles.